The van der Waals surface area contributed by atoms with Crippen LogP contribution in [0.25, 0.3) is 11.2 Å². The molecule has 4 atom stereocenters. The summed E-state index contributed by atoms with van der Waals surface area (Å²) in [5.41, 5.74) is 0.482. The highest BCUT2D eigenvalue weighted by Crippen LogP contribution is 2.31. The van der Waals surface area contributed by atoms with Gasteiger partial charge in [0.15, 0.2) is 23.2 Å². The van der Waals surface area contributed by atoms with Gasteiger partial charge in [0, 0.05) is 0 Å². The van der Waals surface area contributed by atoms with E-state index in [2.05, 4.69) is 20.3 Å². The molecule has 2 aromatic rings. The predicted molar refractivity (Wildman–Crippen MR) is 74.0 cm³/mol. The fourth-order valence-corrected chi connectivity index (χ4v) is 2.41. The topological polar surface area (TPSA) is 163 Å². The number of rotatable bonds is 4. The van der Waals surface area contributed by atoms with Crippen molar-refractivity contribution in [2.75, 3.05) is 18.5 Å². The molecule has 1 amide bonds. The first kappa shape index (κ1) is 15.7. The zero-order chi connectivity index (χ0) is 16.6. The fraction of sp³-hybridized carbons (Fsp3) is 0.500. The number of carbonyl (C=O) groups excluding carboxylic acids is 1. The second kappa shape index (κ2) is 6.14. The molecule has 3 rings (SSSR count). The molecule has 1 aliphatic rings. The van der Waals surface area contributed by atoms with E-state index in [0.717, 1.165) is 0 Å². The van der Waals surface area contributed by atoms with Gasteiger partial charge in [-0.05, 0) is 0 Å². The smallest absolute Gasteiger partial charge is 0.251 e. The molecule has 11 heteroatoms. The molecular formula is C12H15N5O6. The number of hydrogen-bond donors (Lipinski definition) is 5. The molecule has 1 aliphatic heterocycles. The number of amides is 1. The van der Waals surface area contributed by atoms with Gasteiger partial charge in [0.25, 0.3) is 5.91 Å². The summed E-state index contributed by atoms with van der Waals surface area (Å²) in [6.07, 6.45) is -1.97. The maximum atomic E-state index is 11.3. The Balaban J connectivity index is 1.97. The van der Waals surface area contributed by atoms with Crippen molar-refractivity contribution in [3.63, 3.8) is 0 Å². The van der Waals surface area contributed by atoms with E-state index in [1.165, 1.54) is 17.2 Å². The Morgan fingerprint density at radius 2 is 2.04 bits per heavy atom. The van der Waals surface area contributed by atoms with Crippen LogP contribution in [0.3, 0.4) is 0 Å². The van der Waals surface area contributed by atoms with E-state index in [-0.39, 0.29) is 17.0 Å². The van der Waals surface area contributed by atoms with Gasteiger partial charge in [0.05, 0.1) is 12.9 Å². The average molecular weight is 325 g/mol. The molecule has 11 nitrogen and oxygen atoms in total. The third kappa shape index (κ3) is 2.64. The summed E-state index contributed by atoms with van der Waals surface area (Å²) < 4.78 is 6.79. The molecule has 1 saturated heterocycles. The highest BCUT2D eigenvalue weighted by atomic mass is 16.6. The largest absolute Gasteiger partial charge is 0.394 e. The summed E-state index contributed by atoms with van der Waals surface area (Å²) in [5, 5.41) is 40.2. The number of fused-ring (bicyclic) bond motifs is 1. The molecule has 0 bridgehead atoms. The monoisotopic (exact) mass is 325 g/mol. The predicted octanol–water partition coefficient (Wildman–Crippen LogP) is -2.63. The molecule has 23 heavy (non-hydrogen) atoms. The van der Waals surface area contributed by atoms with Crippen molar-refractivity contribution in [1.29, 1.82) is 0 Å². The lowest BCUT2D eigenvalue weighted by Gasteiger charge is -2.16. The van der Waals surface area contributed by atoms with Crippen LogP contribution in [0.1, 0.15) is 6.23 Å². The number of aliphatic hydroxyl groups excluding tert-OH is 4. The van der Waals surface area contributed by atoms with Crippen molar-refractivity contribution in [3.05, 3.63) is 12.7 Å². The molecule has 3 heterocycles. The van der Waals surface area contributed by atoms with Gasteiger partial charge < -0.3 is 30.5 Å². The van der Waals surface area contributed by atoms with Gasteiger partial charge in [-0.1, -0.05) is 0 Å². The van der Waals surface area contributed by atoms with E-state index in [9.17, 15) is 15.0 Å². The van der Waals surface area contributed by atoms with Crippen LogP contribution in [-0.4, -0.2) is 77.4 Å². The van der Waals surface area contributed by atoms with E-state index in [1.807, 2.05) is 0 Å². The number of aromatic nitrogens is 4. The molecule has 5 N–H and O–H groups in total. The first-order valence-corrected chi connectivity index (χ1v) is 6.77. The van der Waals surface area contributed by atoms with E-state index in [0.29, 0.717) is 0 Å². The van der Waals surface area contributed by atoms with Crippen molar-refractivity contribution < 1.29 is 30.0 Å². The summed E-state index contributed by atoms with van der Waals surface area (Å²) in [6, 6.07) is 0. The molecule has 0 saturated carbocycles. The summed E-state index contributed by atoms with van der Waals surface area (Å²) >= 11 is 0. The lowest BCUT2D eigenvalue weighted by atomic mass is 10.1. The Morgan fingerprint density at radius 3 is 2.70 bits per heavy atom. The van der Waals surface area contributed by atoms with Crippen molar-refractivity contribution in [1.82, 2.24) is 19.5 Å². The Morgan fingerprint density at radius 1 is 1.26 bits per heavy atom. The number of nitrogens with zero attached hydrogens (tertiary/aromatic N) is 4. The highest BCUT2D eigenvalue weighted by molar-refractivity contribution is 5.97. The number of carbonyl (C=O) groups is 1. The van der Waals surface area contributed by atoms with E-state index in [4.69, 9.17) is 14.9 Å². The number of imidazole rings is 1. The quantitative estimate of drug-likeness (QED) is 0.404. The molecule has 0 radical (unpaired) electrons. The first-order chi connectivity index (χ1) is 11.1. The van der Waals surface area contributed by atoms with Gasteiger partial charge in [-0.15, -0.1) is 0 Å². The minimum absolute atomic E-state index is 0.0968. The lowest BCUT2D eigenvalue weighted by Crippen LogP contribution is -2.33. The van der Waals surface area contributed by atoms with Crippen LogP contribution in [-0.2, 0) is 9.53 Å². The van der Waals surface area contributed by atoms with Gasteiger partial charge in [0.1, 0.15) is 31.2 Å². The van der Waals surface area contributed by atoms with E-state index in [1.54, 1.807) is 0 Å². The molecular weight excluding hydrogens is 310 g/mol. The van der Waals surface area contributed by atoms with Gasteiger partial charge in [-0.2, -0.15) is 0 Å². The van der Waals surface area contributed by atoms with Crippen molar-refractivity contribution >= 4 is 22.9 Å². The second-order valence-corrected chi connectivity index (χ2v) is 4.98. The molecule has 1 fully saturated rings. The SMILES string of the molecule is O=C(CO)Nc1ncnc2c1ncn2[C@@H]1O[C@H](CO)[C@@H](O)[C@H]1O. The number of aliphatic hydroxyl groups is 4. The summed E-state index contributed by atoms with van der Waals surface area (Å²) in [4.78, 5) is 23.3. The number of nitrogens with one attached hydrogen (secondary N) is 1. The normalized spacial score (nSPS) is 27.5. The lowest BCUT2D eigenvalue weighted by molar-refractivity contribution is -0.118. The zero-order valence-electron chi connectivity index (χ0n) is 11.8. The van der Waals surface area contributed by atoms with Crippen molar-refractivity contribution in [3.8, 4) is 0 Å². The molecule has 0 spiro atoms. The standard InChI is InChI=1S/C12H15N5O6/c18-1-5-8(21)9(22)12(23-5)17-4-15-7-10(16-6(20)2-19)13-3-14-11(7)17/h3-5,8-9,12,18-19,21-22H,1-2H2,(H,13,14,16,20)/t5-,8-,9-,12-/m1/s1. The Hall–Kier alpha value is -2.18. The third-order valence-electron chi connectivity index (χ3n) is 3.55. The Kier molecular flexibility index (Phi) is 4.19. The third-order valence-corrected chi connectivity index (χ3v) is 3.55. The van der Waals surface area contributed by atoms with Gasteiger partial charge in [-0.25, -0.2) is 15.0 Å². The minimum atomic E-state index is -1.28. The molecule has 124 valence electrons. The van der Waals surface area contributed by atoms with Crippen molar-refractivity contribution in [2.45, 2.75) is 24.5 Å². The zero-order valence-corrected chi connectivity index (χ0v) is 11.8. The maximum Gasteiger partial charge on any atom is 0.251 e. The number of anilines is 1. The molecule has 2 aromatic heterocycles. The van der Waals surface area contributed by atoms with Gasteiger partial charge in [0.2, 0.25) is 0 Å². The second-order valence-electron chi connectivity index (χ2n) is 4.98. The van der Waals surface area contributed by atoms with E-state index < -0.39 is 43.7 Å². The molecule has 0 unspecified atom stereocenters. The molecule has 0 aromatic carbocycles. The number of hydrogen-bond acceptors (Lipinski definition) is 9. The fourth-order valence-electron chi connectivity index (χ4n) is 2.41. The van der Waals surface area contributed by atoms with Crippen LogP contribution in [0.4, 0.5) is 5.82 Å². The first-order valence-electron chi connectivity index (χ1n) is 6.77. The summed E-state index contributed by atoms with van der Waals surface area (Å²) in [5.74, 6) is -0.563. The van der Waals surface area contributed by atoms with Crippen LogP contribution in [0.15, 0.2) is 12.7 Å². The van der Waals surface area contributed by atoms with Crippen molar-refractivity contribution in [2.24, 2.45) is 0 Å². The minimum Gasteiger partial charge on any atom is -0.394 e. The van der Waals surface area contributed by atoms with Gasteiger partial charge >= 0.3 is 0 Å². The Labute approximate surface area is 129 Å². The number of ether oxygens (including phenoxy) is 1. The van der Waals surface area contributed by atoms with Crippen LogP contribution < -0.4 is 5.32 Å². The van der Waals surface area contributed by atoms with Crippen LogP contribution in [0.2, 0.25) is 0 Å². The highest BCUT2D eigenvalue weighted by Gasteiger charge is 2.44. The summed E-state index contributed by atoms with van der Waals surface area (Å²) in [7, 11) is 0. The van der Waals surface area contributed by atoms with Crippen LogP contribution >= 0.6 is 0 Å². The average Bonchev–Trinajstić information content (AvgIpc) is 3.10. The van der Waals surface area contributed by atoms with Crippen LogP contribution in [0, 0.1) is 0 Å². The Bertz CT molecular complexity index is 721. The van der Waals surface area contributed by atoms with E-state index >= 15 is 0 Å². The maximum absolute atomic E-state index is 11.3. The molecule has 0 aliphatic carbocycles. The van der Waals surface area contributed by atoms with Crippen LogP contribution in [0.5, 0.6) is 0 Å². The van der Waals surface area contributed by atoms with Gasteiger partial charge in [-0.3, -0.25) is 9.36 Å². The summed E-state index contributed by atoms with van der Waals surface area (Å²) in [6.45, 7) is -1.16.